The van der Waals surface area contributed by atoms with Gasteiger partial charge in [-0.3, -0.25) is 9.59 Å². The summed E-state index contributed by atoms with van der Waals surface area (Å²) in [7, 11) is 0. The van der Waals surface area contributed by atoms with Crippen LogP contribution in [0.2, 0.25) is 0 Å². The minimum Gasteiger partial charge on any atom is -0.480 e. The molecule has 7 nitrogen and oxygen atoms in total. The fraction of sp³-hybridized carbons (Fsp3) is 0.636. The standard InChI is InChI=1S/C11H18N4O3/c1-3-5-6-14(4-2)11(18)9-7-15(13-12-9)8-10(16)17/h7H,3-6,8H2,1-2H3,(H,16,17). The third-order valence-corrected chi connectivity index (χ3v) is 2.51. The van der Waals surface area contributed by atoms with Gasteiger partial charge in [0.2, 0.25) is 0 Å². The molecule has 0 radical (unpaired) electrons. The van der Waals surface area contributed by atoms with Gasteiger partial charge in [0.1, 0.15) is 6.54 Å². The van der Waals surface area contributed by atoms with Gasteiger partial charge in [0.15, 0.2) is 5.69 Å². The molecule has 0 aromatic carbocycles. The Bertz CT molecular complexity index is 416. The molecular formula is C11H18N4O3. The zero-order valence-electron chi connectivity index (χ0n) is 10.7. The van der Waals surface area contributed by atoms with E-state index in [2.05, 4.69) is 17.2 Å². The number of aliphatic carboxylic acids is 1. The summed E-state index contributed by atoms with van der Waals surface area (Å²) in [6, 6.07) is 0. The number of carboxylic acids is 1. The van der Waals surface area contributed by atoms with Crippen molar-refractivity contribution in [2.75, 3.05) is 13.1 Å². The lowest BCUT2D eigenvalue weighted by Crippen LogP contribution is -2.32. The average Bonchev–Trinajstić information content (AvgIpc) is 2.77. The summed E-state index contributed by atoms with van der Waals surface area (Å²) < 4.78 is 1.14. The molecule has 18 heavy (non-hydrogen) atoms. The smallest absolute Gasteiger partial charge is 0.325 e. The predicted octanol–water partition coefficient (Wildman–Crippen LogP) is 0.625. The second-order valence-electron chi connectivity index (χ2n) is 3.93. The largest absolute Gasteiger partial charge is 0.480 e. The van der Waals surface area contributed by atoms with Gasteiger partial charge in [-0.05, 0) is 13.3 Å². The zero-order valence-corrected chi connectivity index (χ0v) is 10.7. The first-order valence-electron chi connectivity index (χ1n) is 5.99. The highest BCUT2D eigenvalue weighted by Gasteiger charge is 2.17. The summed E-state index contributed by atoms with van der Waals surface area (Å²) in [6.07, 6.45) is 3.31. The third kappa shape index (κ3) is 3.83. The Morgan fingerprint density at radius 1 is 1.44 bits per heavy atom. The van der Waals surface area contributed by atoms with Crippen LogP contribution in [0, 0.1) is 0 Å². The van der Waals surface area contributed by atoms with E-state index in [0.29, 0.717) is 13.1 Å². The fourth-order valence-electron chi connectivity index (χ4n) is 1.53. The molecule has 1 rings (SSSR count). The molecule has 1 amide bonds. The lowest BCUT2D eigenvalue weighted by molar-refractivity contribution is -0.137. The number of amides is 1. The van der Waals surface area contributed by atoms with E-state index in [0.717, 1.165) is 17.5 Å². The third-order valence-electron chi connectivity index (χ3n) is 2.51. The highest BCUT2D eigenvalue weighted by atomic mass is 16.4. The molecule has 0 atom stereocenters. The van der Waals surface area contributed by atoms with Crippen molar-refractivity contribution in [3.8, 4) is 0 Å². The SMILES string of the molecule is CCCCN(CC)C(=O)c1cn(CC(=O)O)nn1. The minimum atomic E-state index is -1.02. The number of rotatable bonds is 7. The molecule has 0 aliphatic carbocycles. The van der Waals surface area contributed by atoms with Crippen molar-refractivity contribution >= 4 is 11.9 Å². The van der Waals surface area contributed by atoms with Crippen LogP contribution in [0.1, 0.15) is 37.2 Å². The topological polar surface area (TPSA) is 88.3 Å². The second kappa shape index (κ2) is 6.73. The summed E-state index contributed by atoms with van der Waals surface area (Å²) in [4.78, 5) is 24.2. The van der Waals surface area contributed by atoms with Gasteiger partial charge in [0.05, 0.1) is 6.20 Å². The number of carboxylic acid groups (broad SMARTS) is 1. The van der Waals surface area contributed by atoms with Crippen LogP contribution < -0.4 is 0 Å². The van der Waals surface area contributed by atoms with Crippen LogP contribution in [0.5, 0.6) is 0 Å². The van der Waals surface area contributed by atoms with E-state index in [1.807, 2.05) is 6.92 Å². The Hall–Kier alpha value is -1.92. The maximum Gasteiger partial charge on any atom is 0.325 e. The first kappa shape index (κ1) is 14.1. The lowest BCUT2D eigenvalue weighted by Gasteiger charge is -2.18. The van der Waals surface area contributed by atoms with Crippen molar-refractivity contribution < 1.29 is 14.7 Å². The Balaban J connectivity index is 2.69. The summed E-state index contributed by atoms with van der Waals surface area (Å²) in [5.74, 6) is -1.22. The Morgan fingerprint density at radius 3 is 2.72 bits per heavy atom. The zero-order chi connectivity index (χ0) is 13.5. The van der Waals surface area contributed by atoms with Crippen LogP contribution >= 0.6 is 0 Å². The van der Waals surface area contributed by atoms with Gasteiger partial charge in [-0.2, -0.15) is 0 Å². The molecule has 0 bridgehead atoms. The number of hydrogen-bond acceptors (Lipinski definition) is 4. The van der Waals surface area contributed by atoms with Crippen LogP contribution in [0.4, 0.5) is 0 Å². The van der Waals surface area contributed by atoms with E-state index >= 15 is 0 Å². The van der Waals surface area contributed by atoms with E-state index in [-0.39, 0.29) is 18.1 Å². The Morgan fingerprint density at radius 2 is 2.17 bits per heavy atom. The van der Waals surface area contributed by atoms with E-state index in [9.17, 15) is 9.59 Å². The predicted molar refractivity (Wildman–Crippen MR) is 64.1 cm³/mol. The normalized spacial score (nSPS) is 10.3. The first-order chi connectivity index (χ1) is 8.58. The number of unbranched alkanes of at least 4 members (excludes halogenated alkanes) is 1. The molecule has 1 N–H and O–H groups in total. The molecule has 0 aliphatic heterocycles. The minimum absolute atomic E-state index is 0.189. The lowest BCUT2D eigenvalue weighted by atomic mass is 10.3. The van der Waals surface area contributed by atoms with Gasteiger partial charge in [0, 0.05) is 13.1 Å². The van der Waals surface area contributed by atoms with E-state index in [1.54, 1.807) is 4.90 Å². The van der Waals surface area contributed by atoms with Gasteiger partial charge in [-0.1, -0.05) is 18.6 Å². The van der Waals surface area contributed by atoms with Gasteiger partial charge in [-0.25, -0.2) is 4.68 Å². The van der Waals surface area contributed by atoms with Gasteiger partial charge in [-0.15, -0.1) is 5.10 Å². The number of aromatic nitrogens is 3. The molecule has 0 spiro atoms. The molecule has 0 saturated heterocycles. The number of carbonyl (C=O) groups is 2. The molecule has 0 unspecified atom stereocenters. The Labute approximate surface area is 105 Å². The molecule has 1 heterocycles. The van der Waals surface area contributed by atoms with Crippen LogP contribution in [-0.2, 0) is 11.3 Å². The van der Waals surface area contributed by atoms with Crippen molar-refractivity contribution in [3.63, 3.8) is 0 Å². The van der Waals surface area contributed by atoms with Crippen molar-refractivity contribution in [2.45, 2.75) is 33.2 Å². The van der Waals surface area contributed by atoms with Crippen molar-refractivity contribution in [1.29, 1.82) is 0 Å². The molecule has 0 saturated carbocycles. The molecule has 1 aromatic heterocycles. The average molecular weight is 254 g/mol. The van der Waals surface area contributed by atoms with Crippen molar-refractivity contribution in [3.05, 3.63) is 11.9 Å². The van der Waals surface area contributed by atoms with Crippen LogP contribution in [-0.4, -0.2) is 50.0 Å². The summed E-state index contributed by atoms with van der Waals surface area (Å²) in [5.41, 5.74) is 0.189. The molecule has 0 aliphatic rings. The van der Waals surface area contributed by atoms with Gasteiger partial charge < -0.3 is 10.0 Å². The molecule has 1 aromatic rings. The molecular weight excluding hydrogens is 236 g/mol. The monoisotopic (exact) mass is 254 g/mol. The quantitative estimate of drug-likeness (QED) is 0.770. The van der Waals surface area contributed by atoms with E-state index in [1.165, 1.54) is 6.20 Å². The maximum atomic E-state index is 12.0. The second-order valence-corrected chi connectivity index (χ2v) is 3.93. The summed E-state index contributed by atoms with van der Waals surface area (Å²) >= 11 is 0. The fourth-order valence-corrected chi connectivity index (χ4v) is 1.53. The van der Waals surface area contributed by atoms with Gasteiger partial charge >= 0.3 is 5.97 Å². The highest BCUT2D eigenvalue weighted by Crippen LogP contribution is 2.03. The number of hydrogen-bond donors (Lipinski definition) is 1. The molecule has 7 heteroatoms. The van der Waals surface area contributed by atoms with Crippen molar-refractivity contribution in [1.82, 2.24) is 19.9 Å². The first-order valence-corrected chi connectivity index (χ1v) is 5.99. The van der Waals surface area contributed by atoms with Crippen LogP contribution in [0.15, 0.2) is 6.20 Å². The highest BCUT2D eigenvalue weighted by molar-refractivity contribution is 5.91. The van der Waals surface area contributed by atoms with E-state index < -0.39 is 5.97 Å². The molecule has 0 fully saturated rings. The maximum absolute atomic E-state index is 12.0. The number of carbonyl (C=O) groups excluding carboxylic acids is 1. The van der Waals surface area contributed by atoms with Crippen LogP contribution in [0.3, 0.4) is 0 Å². The van der Waals surface area contributed by atoms with Crippen molar-refractivity contribution in [2.24, 2.45) is 0 Å². The van der Waals surface area contributed by atoms with E-state index in [4.69, 9.17) is 5.11 Å². The summed E-state index contributed by atoms with van der Waals surface area (Å²) in [6.45, 7) is 4.94. The summed E-state index contributed by atoms with van der Waals surface area (Å²) in [5, 5.41) is 15.9. The number of nitrogens with zero attached hydrogens (tertiary/aromatic N) is 4. The Kier molecular flexibility index (Phi) is 5.29. The van der Waals surface area contributed by atoms with Gasteiger partial charge in [0.25, 0.3) is 5.91 Å². The van der Waals surface area contributed by atoms with Crippen LogP contribution in [0.25, 0.3) is 0 Å². The molecule has 100 valence electrons.